The topological polar surface area (TPSA) is 117 Å². The third kappa shape index (κ3) is 5.52. The number of nitrogens with one attached hydrogen (secondary N) is 2. The number of piperidine rings is 1. The van der Waals surface area contributed by atoms with Crippen molar-refractivity contribution in [3.8, 4) is 11.5 Å². The summed E-state index contributed by atoms with van der Waals surface area (Å²) in [6.45, 7) is 0.924. The standard InChI is InChI=1S/C22H23ClN4O5S/c23-15-4-6-16(7-5-15)32-20-10-8-17(33(30,31)27-12-2-1-3-13-27)14-19(20)24-22(29)18-9-11-21(28)26-25-18/h4-8,10,14H,1-3,9,11-13H2,(H,24,29)(H,26,28). The van der Waals surface area contributed by atoms with Crippen LogP contribution in [0, 0.1) is 0 Å². The van der Waals surface area contributed by atoms with E-state index in [1.54, 1.807) is 24.3 Å². The van der Waals surface area contributed by atoms with Gasteiger partial charge in [0.15, 0.2) is 5.75 Å². The maximum Gasteiger partial charge on any atom is 0.271 e. The lowest BCUT2D eigenvalue weighted by atomic mass is 10.1. The second-order valence-corrected chi connectivity index (χ2v) is 10.1. The van der Waals surface area contributed by atoms with Crippen molar-refractivity contribution in [2.24, 2.45) is 5.10 Å². The molecule has 1 saturated heterocycles. The maximum absolute atomic E-state index is 13.2. The highest BCUT2D eigenvalue weighted by Gasteiger charge is 2.28. The van der Waals surface area contributed by atoms with Crippen LogP contribution in [0.2, 0.25) is 5.02 Å². The normalized spacial score (nSPS) is 17.1. The molecule has 2 aromatic carbocycles. The van der Waals surface area contributed by atoms with Crippen LogP contribution in [-0.4, -0.2) is 43.3 Å². The monoisotopic (exact) mass is 490 g/mol. The zero-order valence-electron chi connectivity index (χ0n) is 17.7. The summed E-state index contributed by atoms with van der Waals surface area (Å²) in [4.78, 5) is 24.1. The number of nitrogens with zero attached hydrogens (tertiary/aromatic N) is 2. The Kier molecular flexibility index (Phi) is 6.96. The van der Waals surface area contributed by atoms with E-state index in [2.05, 4.69) is 15.8 Å². The van der Waals surface area contributed by atoms with Gasteiger partial charge >= 0.3 is 0 Å². The number of amides is 2. The van der Waals surface area contributed by atoms with E-state index in [9.17, 15) is 18.0 Å². The van der Waals surface area contributed by atoms with Crippen molar-refractivity contribution in [2.75, 3.05) is 18.4 Å². The van der Waals surface area contributed by atoms with Gasteiger partial charge in [-0.2, -0.15) is 9.41 Å². The van der Waals surface area contributed by atoms with Crippen LogP contribution < -0.4 is 15.5 Å². The summed E-state index contributed by atoms with van der Waals surface area (Å²) < 4.78 is 33.7. The third-order valence-electron chi connectivity index (χ3n) is 5.36. The van der Waals surface area contributed by atoms with Crippen LogP contribution in [0.5, 0.6) is 11.5 Å². The van der Waals surface area contributed by atoms with Crippen LogP contribution >= 0.6 is 11.6 Å². The van der Waals surface area contributed by atoms with Crippen LogP contribution in [0.3, 0.4) is 0 Å². The van der Waals surface area contributed by atoms with Crippen molar-refractivity contribution in [3.63, 3.8) is 0 Å². The summed E-state index contributed by atoms with van der Waals surface area (Å²) in [7, 11) is -3.73. The average Bonchev–Trinajstić information content (AvgIpc) is 2.82. The SMILES string of the molecule is O=C1CCC(C(=O)Nc2cc(S(=O)(=O)N3CCCCC3)ccc2Oc2ccc(Cl)cc2)=NN1. The molecule has 9 nitrogen and oxygen atoms in total. The van der Waals surface area contributed by atoms with E-state index in [4.69, 9.17) is 16.3 Å². The molecular formula is C22H23ClN4O5S. The molecule has 0 spiro atoms. The Morgan fingerprint density at radius 2 is 1.79 bits per heavy atom. The highest BCUT2D eigenvalue weighted by molar-refractivity contribution is 7.89. The van der Waals surface area contributed by atoms with E-state index in [-0.39, 0.29) is 40.8 Å². The van der Waals surface area contributed by atoms with E-state index in [0.29, 0.717) is 23.9 Å². The van der Waals surface area contributed by atoms with Crippen LogP contribution in [0.4, 0.5) is 5.69 Å². The molecule has 0 radical (unpaired) electrons. The Morgan fingerprint density at radius 3 is 2.45 bits per heavy atom. The van der Waals surface area contributed by atoms with Crippen LogP contribution in [0.15, 0.2) is 52.5 Å². The van der Waals surface area contributed by atoms with Gasteiger partial charge in [0.1, 0.15) is 11.5 Å². The maximum atomic E-state index is 13.2. The van der Waals surface area contributed by atoms with Gasteiger partial charge in [0.25, 0.3) is 5.91 Å². The molecule has 0 aromatic heterocycles. The third-order valence-corrected chi connectivity index (χ3v) is 7.51. The van der Waals surface area contributed by atoms with Gasteiger partial charge in [-0.05, 0) is 55.3 Å². The molecule has 2 aliphatic heterocycles. The van der Waals surface area contributed by atoms with Crippen molar-refractivity contribution >= 4 is 44.8 Å². The molecule has 2 aromatic rings. The van der Waals surface area contributed by atoms with Crippen molar-refractivity contribution in [1.82, 2.24) is 9.73 Å². The summed E-state index contributed by atoms with van der Waals surface area (Å²) >= 11 is 5.93. The molecule has 2 N–H and O–H groups in total. The second-order valence-electron chi connectivity index (χ2n) is 7.73. The minimum absolute atomic E-state index is 0.0574. The van der Waals surface area contributed by atoms with Gasteiger partial charge in [0.2, 0.25) is 15.9 Å². The van der Waals surface area contributed by atoms with Crippen molar-refractivity contribution in [1.29, 1.82) is 0 Å². The molecular weight excluding hydrogens is 468 g/mol. The van der Waals surface area contributed by atoms with Gasteiger partial charge in [-0.3, -0.25) is 9.59 Å². The largest absolute Gasteiger partial charge is 0.455 e. The van der Waals surface area contributed by atoms with E-state index < -0.39 is 15.9 Å². The first-order valence-electron chi connectivity index (χ1n) is 10.6. The Labute approximate surface area is 196 Å². The number of anilines is 1. The number of carbonyl (C=O) groups is 2. The molecule has 0 bridgehead atoms. The minimum atomic E-state index is -3.73. The van der Waals surface area contributed by atoms with Crippen molar-refractivity contribution < 1.29 is 22.7 Å². The first kappa shape index (κ1) is 23.2. The van der Waals surface area contributed by atoms with Gasteiger partial charge in [-0.15, -0.1) is 0 Å². The Hall–Kier alpha value is -2.95. The molecule has 174 valence electrons. The van der Waals surface area contributed by atoms with Gasteiger partial charge in [-0.25, -0.2) is 13.8 Å². The molecule has 0 saturated carbocycles. The molecule has 2 aliphatic rings. The van der Waals surface area contributed by atoms with E-state index >= 15 is 0 Å². The van der Waals surface area contributed by atoms with Gasteiger partial charge in [-0.1, -0.05) is 18.0 Å². The molecule has 0 aliphatic carbocycles. The quantitative estimate of drug-likeness (QED) is 0.642. The molecule has 11 heteroatoms. The highest BCUT2D eigenvalue weighted by Crippen LogP contribution is 2.34. The second kappa shape index (κ2) is 9.90. The minimum Gasteiger partial charge on any atom is -0.455 e. The highest BCUT2D eigenvalue weighted by atomic mass is 35.5. The number of carbonyl (C=O) groups excluding carboxylic acids is 2. The summed E-state index contributed by atoms with van der Waals surface area (Å²) in [5.74, 6) is -0.107. The van der Waals surface area contributed by atoms with Crippen molar-refractivity contribution in [2.45, 2.75) is 37.0 Å². The van der Waals surface area contributed by atoms with E-state index in [1.165, 1.54) is 22.5 Å². The fraction of sp³-hybridized carbons (Fsp3) is 0.318. The first-order chi connectivity index (χ1) is 15.8. The Balaban J connectivity index is 1.66. The van der Waals surface area contributed by atoms with Gasteiger partial charge in [0.05, 0.1) is 10.6 Å². The lowest BCUT2D eigenvalue weighted by Crippen LogP contribution is -2.35. The number of rotatable bonds is 6. The molecule has 2 heterocycles. The average molecular weight is 491 g/mol. The molecule has 4 rings (SSSR count). The first-order valence-corrected chi connectivity index (χ1v) is 12.4. The Morgan fingerprint density at radius 1 is 1.06 bits per heavy atom. The molecule has 33 heavy (non-hydrogen) atoms. The van der Waals surface area contributed by atoms with Crippen LogP contribution in [0.1, 0.15) is 32.1 Å². The number of benzene rings is 2. The molecule has 1 fully saturated rings. The lowest BCUT2D eigenvalue weighted by molar-refractivity contribution is -0.121. The molecule has 0 unspecified atom stereocenters. The van der Waals surface area contributed by atoms with Gasteiger partial charge in [0, 0.05) is 31.0 Å². The fourth-order valence-electron chi connectivity index (χ4n) is 3.57. The fourth-order valence-corrected chi connectivity index (χ4v) is 5.24. The molecule has 2 amide bonds. The number of ether oxygens (including phenoxy) is 1. The number of hydrogen-bond donors (Lipinski definition) is 2. The summed E-state index contributed by atoms with van der Waals surface area (Å²) in [6, 6.07) is 11.0. The summed E-state index contributed by atoms with van der Waals surface area (Å²) in [5, 5.41) is 7.02. The number of halogens is 1. The smallest absolute Gasteiger partial charge is 0.271 e. The zero-order valence-corrected chi connectivity index (χ0v) is 19.3. The van der Waals surface area contributed by atoms with E-state index in [0.717, 1.165) is 19.3 Å². The van der Waals surface area contributed by atoms with Crippen LogP contribution in [0.25, 0.3) is 0 Å². The lowest BCUT2D eigenvalue weighted by Gasteiger charge is -2.26. The Bertz CT molecular complexity index is 1190. The summed E-state index contributed by atoms with van der Waals surface area (Å²) in [6.07, 6.45) is 2.94. The predicted molar refractivity (Wildman–Crippen MR) is 124 cm³/mol. The van der Waals surface area contributed by atoms with Gasteiger partial charge < -0.3 is 10.1 Å². The zero-order chi connectivity index (χ0) is 23.4. The molecule has 0 atom stereocenters. The number of hydrazone groups is 1. The van der Waals surface area contributed by atoms with Crippen LogP contribution in [-0.2, 0) is 19.6 Å². The van der Waals surface area contributed by atoms with E-state index in [1.807, 2.05) is 0 Å². The van der Waals surface area contributed by atoms with Crippen molar-refractivity contribution in [3.05, 3.63) is 47.5 Å². The summed E-state index contributed by atoms with van der Waals surface area (Å²) in [5.41, 5.74) is 2.59. The predicted octanol–water partition coefficient (Wildman–Crippen LogP) is 3.51. The number of sulfonamides is 1. The number of hydrogen-bond acceptors (Lipinski definition) is 6.